The van der Waals surface area contributed by atoms with E-state index in [1.807, 2.05) is 29.3 Å². The van der Waals surface area contributed by atoms with Crippen LogP contribution >= 0.6 is 11.3 Å². The fraction of sp³-hybridized carbons (Fsp3) is 0.294. The zero-order valence-electron chi connectivity index (χ0n) is 13.3. The zero-order chi connectivity index (χ0) is 16.5. The fourth-order valence-electron chi connectivity index (χ4n) is 3.01. The maximum absolute atomic E-state index is 12.6. The number of nitrogens with one attached hydrogen (secondary N) is 1. The second-order valence-electron chi connectivity index (χ2n) is 5.87. The molecule has 0 atom stereocenters. The molecule has 0 fully saturated rings. The van der Waals surface area contributed by atoms with Gasteiger partial charge in [-0.05, 0) is 19.1 Å². The molecule has 4 heterocycles. The number of fused-ring (bicyclic) bond motifs is 1. The predicted octanol–water partition coefficient (Wildman–Crippen LogP) is 2.36. The Morgan fingerprint density at radius 3 is 2.96 bits per heavy atom. The van der Waals surface area contributed by atoms with Crippen LogP contribution in [0.2, 0.25) is 0 Å². The average Bonchev–Trinajstić information content (AvgIpc) is 3.21. The van der Waals surface area contributed by atoms with Gasteiger partial charge in [-0.15, -0.1) is 11.3 Å². The van der Waals surface area contributed by atoms with E-state index in [-0.39, 0.29) is 5.91 Å². The highest BCUT2D eigenvalue weighted by atomic mass is 32.1. The Kier molecular flexibility index (Phi) is 3.86. The molecule has 0 saturated carbocycles. The number of thiazole rings is 1. The highest BCUT2D eigenvalue weighted by Gasteiger charge is 2.26. The fourth-order valence-corrected chi connectivity index (χ4v) is 3.63. The van der Waals surface area contributed by atoms with Crippen molar-refractivity contribution >= 4 is 17.2 Å². The molecular formula is C17H17N5OS. The van der Waals surface area contributed by atoms with E-state index in [0.717, 1.165) is 39.6 Å². The minimum atomic E-state index is 0.118. The maximum Gasteiger partial charge on any atom is 0.228 e. The van der Waals surface area contributed by atoms with Crippen LogP contribution in [-0.2, 0) is 24.2 Å². The predicted molar refractivity (Wildman–Crippen MR) is 91.5 cm³/mol. The van der Waals surface area contributed by atoms with Crippen molar-refractivity contribution in [2.24, 2.45) is 0 Å². The van der Waals surface area contributed by atoms with Crippen LogP contribution in [0.4, 0.5) is 0 Å². The van der Waals surface area contributed by atoms with Crippen LogP contribution in [0.5, 0.6) is 0 Å². The zero-order valence-corrected chi connectivity index (χ0v) is 14.1. The molecule has 6 nitrogen and oxygen atoms in total. The molecule has 122 valence electrons. The third kappa shape index (κ3) is 2.82. The smallest absolute Gasteiger partial charge is 0.228 e. The van der Waals surface area contributed by atoms with Gasteiger partial charge in [0.15, 0.2) is 0 Å². The van der Waals surface area contributed by atoms with Gasteiger partial charge in [-0.1, -0.05) is 0 Å². The van der Waals surface area contributed by atoms with Crippen LogP contribution in [0.3, 0.4) is 0 Å². The van der Waals surface area contributed by atoms with E-state index >= 15 is 0 Å². The van der Waals surface area contributed by atoms with E-state index in [0.29, 0.717) is 19.5 Å². The van der Waals surface area contributed by atoms with Crippen molar-refractivity contribution in [2.75, 3.05) is 6.54 Å². The second-order valence-corrected chi connectivity index (χ2v) is 6.93. The first-order chi connectivity index (χ1) is 11.7. The number of aromatic amines is 1. The molecule has 1 amide bonds. The Morgan fingerprint density at radius 1 is 1.38 bits per heavy atom. The van der Waals surface area contributed by atoms with Crippen LogP contribution in [0.15, 0.2) is 29.9 Å². The van der Waals surface area contributed by atoms with E-state index in [4.69, 9.17) is 0 Å². The van der Waals surface area contributed by atoms with E-state index in [1.54, 1.807) is 23.7 Å². The Hall–Kier alpha value is -2.54. The highest BCUT2D eigenvalue weighted by Crippen LogP contribution is 2.28. The van der Waals surface area contributed by atoms with Crippen molar-refractivity contribution in [2.45, 2.75) is 26.3 Å². The monoisotopic (exact) mass is 339 g/mol. The van der Waals surface area contributed by atoms with Crippen LogP contribution in [0.1, 0.15) is 22.0 Å². The molecule has 7 heteroatoms. The molecular weight excluding hydrogens is 322 g/mol. The van der Waals surface area contributed by atoms with Gasteiger partial charge in [0.25, 0.3) is 0 Å². The molecule has 3 aromatic heterocycles. The van der Waals surface area contributed by atoms with Crippen LogP contribution < -0.4 is 0 Å². The maximum atomic E-state index is 12.6. The first kappa shape index (κ1) is 15.0. The molecule has 1 aliphatic heterocycles. The van der Waals surface area contributed by atoms with Crippen molar-refractivity contribution < 1.29 is 4.79 Å². The SMILES string of the molecule is Cc1nc(CC(=O)N2CCc3[nH]nc(-c4ccncc4)c3C2)cs1. The molecule has 0 spiro atoms. The third-order valence-corrected chi connectivity index (χ3v) is 5.06. The van der Waals surface area contributed by atoms with Crippen molar-refractivity contribution in [3.63, 3.8) is 0 Å². The van der Waals surface area contributed by atoms with Gasteiger partial charge < -0.3 is 4.90 Å². The number of hydrogen-bond acceptors (Lipinski definition) is 5. The van der Waals surface area contributed by atoms with Gasteiger partial charge in [-0.2, -0.15) is 5.10 Å². The molecule has 0 aliphatic carbocycles. The number of aryl methyl sites for hydroxylation is 1. The third-order valence-electron chi connectivity index (χ3n) is 4.24. The number of nitrogens with zero attached hydrogens (tertiary/aromatic N) is 4. The lowest BCUT2D eigenvalue weighted by Crippen LogP contribution is -2.37. The molecule has 0 radical (unpaired) electrons. The molecule has 0 bridgehead atoms. The van der Waals surface area contributed by atoms with Gasteiger partial charge in [0, 0.05) is 54.1 Å². The molecule has 0 aromatic carbocycles. The van der Waals surface area contributed by atoms with Crippen LogP contribution in [-0.4, -0.2) is 37.5 Å². The quantitative estimate of drug-likeness (QED) is 0.795. The van der Waals surface area contributed by atoms with Gasteiger partial charge >= 0.3 is 0 Å². The first-order valence-electron chi connectivity index (χ1n) is 7.86. The van der Waals surface area contributed by atoms with Crippen LogP contribution in [0.25, 0.3) is 11.3 Å². The highest BCUT2D eigenvalue weighted by molar-refractivity contribution is 7.09. The first-order valence-corrected chi connectivity index (χ1v) is 8.74. The van der Waals surface area contributed by atoms with Crippen molar-refractivity contribution in [3.8, 4) is 11.3 Å². The number of carbonyl (C=O) groups excluding carboxylic acids is 1. The average molecular weight is 339 g/mol. The summed E-state index contributed by atoms with van der Waals surface area (Å²) in [5, 5.41) is 10.5. The lowest BCUT2D eigenvalue weighted by molar-refractivity contribution is -0.131. The molecule has 4 rings (SSSR count). The standard InChI is InChI=1S/C17H17N5OS/c1-11-19-13(10-24-11)8-16(23)22-7-4-15-14(9-22)17(21-20-15)12-2-5-18-6-3-12/h2-3,5-6,10H,4,7-9H2,1H3,(H,20,21). The van der Waals surface area contributed by atoms with Crippen LogP contribution in [0, 0.1) is 6.92 Å². The van der Waals surface area contributed by atoms with Gasteiger partial charge in [0.1, 0.15) is 0 Å². The molecule has 3 aromatic rings. The lowest BCUT2D eigenvalue weighted by Gasteiger charge is -2.27. The minimum absolute atomic E-state index is 0.118. The normalized spacial score (nSPS) is 13.8. The van der Waals surface area contributed by atoms with E-state index in [9.17, 15) is 4.79 Å². The Balaban J connectivity index is 1.55. The van der Waals surface area contributed by atoms with E-state index in [2.05, 4.69) is 20.2 Å². The molecule has 0 unspecified atom stereocenters. The van der Waals surface area contributed by atoms with Crippen molar-refractivity contribution in [1.82, 2.24) is 25.1 Å². The largest absolute Gasteiger partial charge is 0.337 e. The summed E-state index contributed by atoms with van der Waals surface area (Å²) in [7, 11) is 0. The summed E-state index contributed by atoms with van der Waals surface area (Å²) in [6.45, 7) is 3.26. The summed E-state index contributed by atoms with van der Waals surface area (Å²) in [6.07, 6.45) is 4.68. The van der Waals surface area contributed by atoms with Gasteiger partial charge in [-0.3, -0.25) is 14.9 Å². The number of carbonyl (C=O) groups is 1. The molecule has 1 aliphatic rings. The summed E-state index contributed by atoms with van der Waals surface area (Å²) >= 11 is 1.58. The number of hydrogen-bond donors (Lipinski definition) is 1. The molecule has 1 N–H and O–H groups in total. The van der Waals surface area contributed by atoms with Gasteiger partial charge in [-0.25, -0.2) is 4.98 Å². The Morgan fingerprint density at radius 2 is 2.21 bits per heavy atom. The number of amides is 1. The lowest BCUT2D eigenvalue weighted by atomic mass is 10.0. The summed E-state index contributed by atoms with van der Waals surface area (Å²) < 4.78 is 0. The summed E-state index contributed by atoms with van der Waals surface area (Å²) in [5.41, 5.74) is 5.02. The molecule has 24 heavy (non-hydrogen) atoms. The number of H-pyrrole nitrogens is 1. The van der Waals surface area contributed by atoms with E-state index < -0.39 is 0 Å². The van der Waals surface area contributed by atoms with Gasteiger partial charge in [0.05, 0.1) is 22.8 Å². The topological polar surface area (TPSA) is 74.8 Å². The van der Waals surface area contributed by atoms with Crippen molar-refractivity contribution in [3.05, 3.63) is 51.9 Å². The minimum Gasteiger partial charge on any atom is -0.337 e. The molecule has 0 saturated heterocycles. The Labute approximate surface area is 143 Å². The van der Waals surface area contributed by atoms with Crippen molar-refractivity contribution in [1.29, 1.82) is 0 Å². The Bertz CT molecular complexity index is 870. The summed E-state index contributed by atoms with van der Waals surface area (Å²) in [4.78, 5) is 22.9. The van der Waals surface area contributed by atoms with E-state index in [1.165, 1.54) is 0 Å². The number of rotatable bonds is 3. The number of pyridine rings is 1. The summed E-state index contributed by atoms with van der Waals surface area (Å²) in [6, 6.07) is 3.88. The second kappa shape index (κ2) is 6.16. The van der Waals surface area contributed by atoms with Gasteiger partial charge in [0.2, 0.25) is 5.91 Å². The summed E-state index contributed by atoms with van der Waals surface area (Å²) in [5.74, 6) is 0.118. The number of aromatic nitrogens is 4.